The summed E-state index contributed by atoms with van der Waals surface area (Å²) in [5.41, 5.74) is 4.21. The van der Waals surface area contributed by atoms with E-state index < -0.39 is 11.8 Å². The number of nitrogens with one attached hydrogen (secondary N) is 1. The predicted molar refractivity (Wildman–Crippen MR) is 123 cm³/mol. The van der Waals surface area contributed by atoms with Crippen molar-refractivity contribution in [3.63, 3.8) is 0 Å². The maximum atomic E-state index is 12.7. The Hall–Kier alpha value is -2.78. The number of aryl methyl sites for hydroxylation is 2. The zero-order valence-electron chi connectivity index (χ0n) is 17.8. The van der Waals surface area contributed by atoms with Gasteiger partial charge in [-0.25, -0.2) is 4.79 Å². The lowest BCUT2D eigenvalue weighted by Gasteiger charge is -2.25. The molecule has 2 amide bonds. The van der Waals surface area contributed by atoms with Crippen LogP contribution in [0.3, 0.4) is 0 Å². The van der Waals surface area contributed by atoms with Crippen molar-refractivity contribution in [1.82, 2.24) is 14.8 Å². The molecule has 7 nitrogen and oxygen atoms in total. The number of ether oxygens (including phenoxy) is 1. The molecule has 2 aromatic heterocycles. The summed E-state index contributed by atoms with van der Waals surface area (Å²) in [6, 6.07) is 1.91. The van der Waals surface area contributed by atoms with Gasteiger partial charge in [0.15, 0.2) is 5.11 Å². The summed E-state index contributed by atoms with van der Waals surface area (Å²) in [5, 5.41) is 3.45. The van der Waals surface area contributed by atoms with Crippen LogP contribution in [0.25, 0.3) is 11.1 Å². The first-order valence-electron chi connectivity index (χ1n) is 10.0. The van der Waals surface area contributed by atoms with E-state index in [1.165, 1.54) is 23.9 Å². The highest BCUT2D eigenvalue weighted by Gasteiger charge is 2.32. The number of esters is 1. The second-order valence-corrected chi connectivity index (χ2v) is 9.20. The smallest absolute Gasteiger partial charge is 0.341 e. The van der Waals surface area contributed by atoms with Crippen molar-refractivity contribution < 1.29 is 19.1 Å². The van der Waals surface area contributed by atoms with Crippen molar-refractivity contribution in [1.29, 1.82) is 0 Å². The van der Waals surface area contributed by atoms with Gasteiger partial charge in [-0.1, -0.05) is 0 Å². The Balaban J connectivity index is 1.85. The van der Waals surface area contributed by atoms with E-state index in [2.05, 4.69) is 5.32 Å². The van der Waals surface area contributed by atoms with Crippen molar-refractivity contribution in [3.05, 3.63) is 44.6 Å². The molecule has 0 aromatic carbocycles. The Morgan fingerprint density at radius 2 is 1.97 bits per heavy atom. The number of thiocarbonyl (C=S) groups is 1. The Labute approximate surface area is 189 Å². The fourth-order valence-corrected chi connectivity index (χ4v) is 5.83. The number of carbonyl (C=O) groups excluding carboxylic acids is 3. The van der Waals surface area contributed by atoms with Gasteiger partial charge in [-0.05, 0) is 75.0 Å². The van der Waals surface area contributed by atoms with E-state index in [0.717, 1.165) is 53.2 Å². The number of thiophene rings is 1. The van der Waals surface area contributed by atoms with Crippen molar-refractivity contribution in [2.75, 3.05) is 14.2 Å². The second-order valence-electron chi connectivity index (χ2n) is 7.73. The third kappa shape index (κ3) is 3.51. The minimum atomic E-state index is -0.514. The normalized spacial score (nSPS) is 17.7. The van der Waals surface area contributed by atoms with Gasteiger partial charge in [0.2, 0.25) is 0 Å². The van der Waals surface area contributed by atoms with E-state index in [-0.39, 0.29) is 16.7 Å². The van der Waals surface area contributed by atoms with Crippen LogP contribution in [-0.2, 0) is 27.2 Å². The molecular weight excluding hydrogens is 434 g/mol. The van der Waals surface area contributed by atoms with Crippen molar-refractivity contribution in [3.8, 4) is 5.00 Å². The molecule has 0 unspecified atom stereocenters. The standard InChI is InChI=1S/C22H23N3O4S2/c1-11-9-13(10-15-18(26)23-22(30)24(3)19(15)27)12(2)25(11)20-17(21(28)29-4)14-7-5-6-8-16(14)31-20/h9-10H,5-8H2,1-4H3,(H,23,26,30)/b15-10+. The number of carbonyl (C=O) groups is 3. The molecule has 9 heteroatoms. The molecule has 31 heavy (non-hydrogen) atoms. The van der Waals surface area contributed by atoms with Crippen LogP contribution < -0.4 is 5.32 Å². The Kier molecular flexibility index (Phi) is 5.57. The average molecular weight is 458 g/mol. The molecule has 1 aliphatic heterocycles. The Morgan fingerprint density at radius 3 is 2.68 bits per heavy atom. The van der Waals surface area contributed by atoms with E-state index in [9.17, 15) is 14.4 Å². The Bertz CT molecular complexity index is 1170. The molecule has 0 radical (unpaired) electrons. The molecule has 162 valence electrons. The van der Waals surface area contributed by atoms with Crippen LogP contribution >= 0.6 is 23.6 Å². The maximum absolute atomic E-state index is 12.7. The summed E-state index contributed by atoms with van der Waals surface area (Å²) in [6.07, 6.45) is 5.58. The minimum absolute atomic E-state index is 0.0232. The van der Waals surface area contributed by atoms with E-state index in [0.29, 0.717) is 5.56 Å². The third-order valence-electron chi connectivity index (χ3n) is 5.82. The first-order chi connectivity index (χ1) is 14.7. The molecule has 2 aromatic rings. The van der Waals surface area contributed by atoms with Crippen LogP contribution in [-0.4, -0.2) is 46.5 Å². The minimum Gasteiger partial charge on any atom is -0.465 e. The summed E-state index contributed by atoms with van der Waals surface area (Å²) >= 11 is 6.62. The molecule has 0 bridgehead atoms. The average Bonchev–Trinajstić information content (AvgIpc) is 3.25. The van der Waals surface area contributed by atoms with Crippen LogP contribution in [0.15, 0.2) is 11.6 Å². The molecule has 2 aliphatic rings. The van der Waals surface area contributed by atoms with Crippen molar-refractivity contribution in [2.45, 2.75) is 39.5 Å². The summed E-state index contributed by atoms with van der Waals surface area (Å²) in [7, 11) is 2.93. The lowest BCUT2D eigenvalue weighted by atomic mass is 9.95. The molecule has 3 heterocycles. The number of amides is 2. The fourth-order valence-electron chi connectivity index (χ4n) is 4.17. The molecule has 4 rings (SSSR count). The van der Waals surface area contributed by atoms with Gasteiger partial charge >= 0.3 is 5.97 Å². The molecule has 0 spiro atoms. The third-order valence-corrected chi connectivity index (χ3v) is 7.47. The topological polar surface area (TPSA) is 80.6 Å². The predicted octanol–water partition coefficient (Wildman–Crippen LogP) is 3.08. The lowest BCUT2D eigenvalue weighted by molar-refractivity contribution is -0.128. The molecule has 1 saturated heterocycles. The number of nitrogens with zero attached hydrogens (tertiary/aromatic N) is 2. The highest BCUT2D eigenvalue weighted by atomic mass is 32.1. The van der Waals surface area contributed by atoms with Gasteiger partial charge in [-0.2, -0.15) is 0 Å². The zero-order valence-corrected chi connectivity index (χ0v) is 19.5. The first-order valence-corrected chi connectivity index (χ1v) is 11.2. The van der Waals surface area contributed by atoms with Gasteiger partial charge < -0.3 is 9.30 Å². The first kappa shape index (κ1) is 21.5. The van der Waals surface area contributed by atoms with Gasteiger partial charge in [0, 0.05) is 23.3 Å². The summed E-state index contributed by atoms with van der Waals surface area (Å²) in [4.78, 5) is 40.1. The van der Waals surface area contributed by atoms with E-state index >= 15 is 0 Å². The number of hydrogen-bond donors (Lipinski definition) is 1. The largest absolute Gasteiger partial charge is 0.465 e. The summed E-state index contributed by atoms with van der Waals surface area (Å²) in [5.74, 6) is -1.29. The number of hydrogen-bond acceptors (Lipinski definition) is 6. The second kappa shape index (κ2) is 8.05. The van der Waals surface area contributed by atoms with E-state index in [4.69, 9.17) is 17.0 Å². The molecule has 1 aliphatic carbocycles. The number of aromatic nitrogens is 1. The van der Waals surface area contributed by atoms with Gasteiger partial charge in [0.1, 0.15) is 10.6 Å². The maximum Gasteiger partial charge on any atom is 0.341 e. The van der Waals surface area contributed by atoms with E-state index in [1.54, 1.807) is 17.4 Å². The molecular formula is C22H23N3O4S2. The molecule has 0 saturated carbocycles. The van der Waals surface area contributed by atoms with Gasteiger partial charge in [-0.3, -0.25) is 19.8 Å². The number of rotatable bonds is 3. The monoisotopic (exact) mass is 457 g/mol. The highest BCUT2D eigenvalue weighted by Crippen LogP contribution is 2.39. The molecule has 1 fully saturated rings. The quantitative estimate of drug-likeness (QED) is 0.332. The highest BCUT2D eigenvalue weighted by molar-refractivity contribution is 7.80. The SMILES string of the molecule is COC(=O)c1c(-n2c(C)cc(/C=C3\C(=O)NC(=S)N(C)C3=O)c2C)sc2c1CCCC2. The van der Waals surface area contributed by atoms with Gasteiger partial charge in [0.05, 0.1) is 12.7 Å². The van der Waals surface area contributed by atoms with Crippen molar-refractivity contribution in [2.24, 2.45) is 0 Å². The number of likely N-dealkylation sites (N-methyl/N-ethyl adjacent to an activating group) is 1. The van der Waals surface area contributed by atoms with Crippen LogP contribution in [0.5, 0.6) is 0 Å². The molecule has 0 atom stereocenters. The molecule has 1 N–H and O–H groups in total. The van der Waals surface area contributed by atoms with Crippen LogP contribution in [0.1, 0.15) is 50.6 Å². The van der Waals surface area contributed by atoms with Gasteiger partial charge in [0.25, 0.3) is 11.8 Å². The summed E-state index contributed by atoms with van der Waals surface area (Å²) in [6.45, 7) is 3.86. The summed E-state index contributed by atoms with van der Waals surface area (Å²) < 4.78 is 7.12. The fraction of sp³-hybridized carbons (Fsp3) is 0.364. The van der Waals surface area contributed by atoms with Crippen LogP contribution in [0.4, 0.5) is 0 Å². The number of methoxy groups -OCH3 is 1. The van der Waals surface area contributed by atoms with Crippen LogP contribution in [0, 0.1) is 13.8 Å². The Morgan fingerprint density at radius 1 is 1.26 bits per heavy atom. The number of fused-ring (bicyclic) bond motifs is 1. The lowest BCUT2D eigenvalue weighted by Crippen LogP contribution is -2.52. The van der Waals surface area contributed by atoms with Crippen molar-refractivity contribution >= 4 is 52.5 Å². The van der Waals surface area contributed by atoms with Gasteiger partial charge in [-0.15, -0.1) is 11.3 Å². The zero-order chi connectivity index (χ0) is 22.4. The van der Waals surface area contributed by atoms with E-state index in [1.807, 2.05) is 24.5 Å². The van der Waals surface area contributed by atoms with Crippen LogP contribution in [0.2, 0.25) is 0 Å².